The minimum atomic E-state index is 0.520. The monoisotopic (exact) mass is 225 g/mol. The van der Waals surface area contributed by atoms with Crippen molar-refractivity contribution >= 4 is 0 Å². The Bertz CT molecular complexity index is 307. The Morgan fingerprint density at radius 3 is 2.88 bits per heavy atom. The van der Waals surface area contributed by atoms with Crippen LogP contribution in [0.15, 0.2) is 6.07 Å². The molecule has 0 aliphatic heterocycles. The van der Waals surface area contributed by atoms with Gasteiger partial charge < -0.3 is 10.1 Å². The van der Waals surface area contributed by atoms with E-state index in [0.717, 1.165) is 31.1 Å². The lowest BCUT2D eigenvalue weighted by atomic mass is 10.4. The summed E-state index contributed by atoms with van der Waals surface area (Å²) in [6.07, 6.45) is 0. The van der Waals surface area contributed by atoms with Gasteiger partial charge in [-0.25, -0.2) is 0 Å². The van der Waals surface area contributed by atoms with Gasteiger partial charge in [0, 0.05) is 19.1 Å². The first-order valence-electron chi connectivity index (χ1n) is 5.98. The Morgan fingerprint density at radius 1 is 1.50 bits per heavy atom. The van der Waals surface area contributed by atoms with E-state index in [9.17, 15) is 0 Å². The summed E-state index contributed by atoms with van der Waals surface area (Å²) in [4.78, 5) is 0. The lowest BCUT2D eigenvalue weighted by Gasteiger charge is -2.09. The van der Waals surface area contributed by atoms with E-state index >= 15 is 0 Å². The van der Waals surface area contributed by atoms with Crippen LogP contribution in [-0.2, 0) is 17.9 Å². The summed E-state index contributed by atoms with van der Waals surface area (Å²) in [6.45, 7) is 11.6. The normalized spacial score (nSPS) is 11.3. The first kappa shape index (κ1) is 13.2. The maximum absolute atomic E-state index is 5.60. The standard InChI is InChI=1S/C12H23N3O/c1-5-15-12(8-11(4)14-15)9-16-7-6-13-10(2)3/h8,10,13H,5-7,9H2,1-4H3. The molecule has 0 aliphatic carbocycles. The molecule has 0 fully saturated rings. The highest BCUT2D eigenvalue weighted by molar-refractivity contribution is 5.07. The molecule has 1 aromatic heterocycles. The molecule has 4 heteroatoms. The zero-order valence-electron chi connectivity index (χ0n) is 10.8. The molecule has 92 valence electrons. The molecule has 4 nitrogen and oxygen atoms in total. The van der Waals surface area contributed by atoms with Crippen molar-refractivity contribution in [2.24, 2.45) is 0 Å². The summed E-state index contributed by atoms with van der Waals surface area (Å²) in [5.41, 5.74) is 2.21. The number of nitrogens with zero attached hydrogens (tertiary/aromatic N) is 2. The molecular weight excluding hydrogens is 202 g/mol. The van der Waals surface area contributed by atoms with E-state index in [4.69, 9.17) is 4.74 Å². The van der Waals surface area contributed by atoms with E-state index in [0.29, 0.717) is 12.6 Å². The van der Waals surface area contributed by atoms with Crippen LogP contribution < -0.4 is 5.32 Å². The quantitative estimate of drug-likeness (QED) is 0.718. The predicted molar refractivity (Wildman–Crippen MR) is 65.4 cm³/mol. The minimum Gasteiger partial charge on any atom is -0.374 e. The minimum absolute atomic E-state index is 0.520. The van der Waals surface area contributed by atoms with Gasteiger partial charge in [-0.2, -0.15) is 5.10 Å². The molecule has 0 bridgehead atoms. The van der Waals surface area contributed by atoms with Gasteiger partial charge in [0.1, 0.15) is 0 Å². The molecule has 0 saturated heterocycles. The van der Waals surface area contributed by atoms with Crippen molar-refractivity contribution < 1.29 is 4.74 Å². The molecule has 1 rings (SSSR count). The van der Waals surface area contributed by atoms with Gasteiger partial charge in [0.15, 0.2) is 0 Å². The number of rotatable bonds is 7. The summed E-state index contributed by atoms with van der Waals surface area (Å²) < 4.78 is 7.59. The Kier molecular flexibility index (Phi) is 5.49. The zero-order chi connectivity index (χ0) is 12.0. The highest BCUT2D eigenvalue weighted by atomic mass is 16.5. The van der Waals surface area contributed by atoms with Crippen LogP contribution in [0.5, 0.6) is 0 Å². The molecule has 1 N–H and O–H groups in total. The number of aryl methyl sites for hydroxylation is 2. The summed E-state index contributed by atoms with van der Waals surface area (Å²) in [5, 5.41) is 7.70. The highest BCUT2D eigenvalue weighted by Gasteiger charge is 2.03. The van der Waals surface area contributed by atoms with Crippen LogP contribution in [0.25, 0.3) is 0 Å². The Balaban J connectivity index is 2.26. The second kappa shape index (κ2) is 6.66. The largest absolute Gasteiger partial charge is 0.374 e. The third-order valence-corrected chi connectivity index (χ3v) is 2.33. The summed E-state index contributed by atoms with van der Waals surface area (Å²) in [6, 6.07) is 2.60. The first-order chi connectivity index (χ1) is 7.63. The number of nitrogens with one attached hydrogen (secondary N) is 1. The molecule has 16 heavy (non-hydrogen) atoms. The van der Waals surface area contributed by atoms with E-state index < -0.39 is 0 Å². The van der Waals surface area contributed by atoms with Crippen molar-refractivity contribution in [2.45, 2.75) is 46.9 Å². The maximum Gasteiger partial charge on any atom is 0.0885 e. The van der Waals surface area contributed by atoms with Crippen molar-refractivity contribution in [1.29, 1.82) is 0 Å². The smallest absolute Gasteiger partial charge is 0.0885 e. The average molecular weight is 225 g/mol. The Labute approximate surface area is 98.0 Å². The van der Waals surface area contributed by atoms with Gasteiger partial charge in [-0.3, -0.25) is 4.68 Å². The molecule has 0 aliphatic rings. The summed E-state index contributed by atoms with van der Waals surface area (Å²) in [5.74, 6) is 0. The molecule has 1 heterocycles. The predicted octanol–water partition coefficient (Wildman–Crippen LogP) is 1.73. The molecule has 0 radical (unpaired) electrons. The second-order valence-corrected chi connectivity index (χ2v) is 4.25. The average Bonchev–Trinajstić information content (AvgIpc) is 2.58. The van der Waals surface area contributed by atoms with Gasteiger partial charge in [-0.1, -0.05) is 13.8 Å². The van der Waals surface area contributed by atoms with Crippen molar-refractivity contribution in [3.63, 3.8) is 0 Å². The third-order valence-electron chi connectivity index (χ3n) is 2.33. The zero-order valence-corrected chi connectivity index (χ0v) is 10.8. The number of hydrogen-bond acceptors (Lipinski definition) is 3. The lowest BCUT2D eigenvalue weighted by Crippen LogP contribution is -2.26. The topological polar surface area (TPSA) is 39.1 Å². The van der Waals surface area contributed by atoms with Crippen LogP contribution in [0.3, 0.4) is 0 Å². The fourth-order valence-electron chi connectivity index (χ4n) is 1.59. The molecule has 1 aromatic rings. The van der Waals surface area contributed by atoms with Gasteiger partial charge in [0.2, 0.25) is 0 Å². The van der Waals surface area contributed by atoms with Gasteiger partial charge in [-0.15, -0.1) is 0 Å². The number of aromatic nitrogens is 2. The lowest BCUT2D eigenvalue weighted by molar-refractivity contribution is 0.115. The SMILES string of the molecule is CCn1nc(C)cc1COCCNC(C)C. The first-order valence-corrected chi connectivity index (χ1v) is 5.98. The molecule has 0 saturated carbocycles. The van der Waals surface area contributed by atoms with E-state index in [2.05, 4.69) is 37.3 Å². The molecule has 0 spiro atoms. The number of hydrogen-bond donors (Lipinski definition) is 1. The Morgan fingerprint density at radius 2 is 2.25 bits per heavy atom. The van der Waals surface area contributed by atoms with Crippen LogP contribution >= 0.6 is 0 Å². The summed E-state index contributed by atoms with van der Waals surface area (Å²) in [7, 11) is 0. The second-order valence-electron chi connectivity index (χ2n) is 4.25. The van der Waals surface area contributed by atoms with Gasteiger partial charge in [0.25, 0.3) is 0 Å². The van der Waals surface area contributed by atoms with Crippen LogP contribution in [0.4, 0.5) is 0 Å². The van der Waals surface area contributed by atoms with Crippen LogP contribution in [0.2, 0.25) is 0 Å². The van der Waals surface area contributed by atoms with Crippen LogP contribution in [-0.4, -0.2) is 29.0 Å². The van der Waals surface area contributed by atoms with Crippen LogP contribution in [0.1, 0.15) is 32.2 Å². The third kappa shape index (κ3) is 4.33. The van der Waals surface area contributed by atoms with E-state index in [-0.39, 0.29) is 0 Å². The highest BCUT2D eigenvalue weighted by Crippen LogP contribution is 2.04. The van der Waals surface area contributed by atoms with Gasteiger partial charge in [0.05, 0.1) is 24.6 Å². The molecule has 0 unspecified atom stereocenters. The Hall–Kier alpha value is -0.870. The van der Waals surface area contributed by atoms with Gasteiger partial charge >= 0.3 is 0 Å². The number of ether oxygens (including phenoxy) is 1. The molecule has 0 amide bonds. The van der Waals surface area contributed by atoms with Gasteiger partial charge in [-0.05, 0) is 19.9 Å². The van der Waals surface area contributed by atoms with Crippen molar-refractivity contribution in [3.8, 4) is 0 Å². The fraction of sp³-hybridized carbons (Fsp3) is 0.750. The summed E-state index contributed by atoms with van der Waals surface area (Å²) >= 11 is 0. The molecular formula is C12H23N3O. The van der Waals surface area contributed by atoms with Crippen LogP contribution in [0, 0.1) is 6.92 Å². The van der Waals surface area contributed by atoms with E-state index in [1.54, 1.807) is 0 Å². The maximum atomic E-state index is 5.60. The molecule has 0 atom stereocenters. The van der Waals surface area contributed by atoms with Crippen molar-refractivity contribution in [1.82, 2.24) is 15.1 Å². The molecule has 0 aromatic carbocycles. The fourth-order valence-corrected chi connectivity index (χ4v) is 1.59. The van der Waals surface area contributed by atoms with Crippen molar-refractivity contribution in [3.05, 3.63) is 17.5 Å². The van der Waals surface area contributed by atoms with E-state index in [1.807, 2.05) is 11.6 Å². The van der Waals surface area contributed by atoms with E-state index in [1.165, 1.54) is 0 Å². The van der Waals surface area contributed by atoms with Crippen molar-refractivity contribution in [2.75, 3.05) is 13.2 Å².